The minimum absolute atomic E-state index is 0.177. The van der Waals surface area contributed by atoms with E-state index in [1.807, 2.05) is 6.92 Å². The summed E-state index contributed by atoms with van der Waals surface area (Å²) in [6, 6.07) is 4.67. The van der Waals surface area contributed by atoms with E-state index in [1.165, 1.54) is 5.69 Å². The molecule has 0 aromatic carbocycles. The molecule has 0 aliphatic carbocycles. The lowest BCUT2D eigenvalue weighted by atomic mass is 10.1. The molecule has 5 heteroatoms. The molecule has 2 heterocycles. The molecule has 5 nitrogen and oxygen atoms in total. The minimum Gasteiger partial charge on any atom is -0.450 e. The Morgan fingerprint density at radius 3 is 2.79 bits per heavy atom. The third-order valence-electron chi connectivity index (χ3n) is 3.64. The van der Waals surface area contributed by atoms with Crippen molar-refractivity contribution in [1.82, 2.24) is 14.8 Å². The zero-order valence-electron chi connectivity index (χ0n) is 11.8. The topological polar surface area (TPSA) is 46.5 Å². The van der Waals surface area contributed by atoms with Crippen molar-refractivity contribution < 1.29 is 9.53 Å². The number of rotatable bonds is 4. The van der Waals surface area contributed by atoms with Crippen LogP contribution in [0.15, 0.2) is 18.3 Å². The molecule has 1 aliphatic heterocycles. The van der Waals surface area contributed by atoms with Gasteiger partial charge < -0.3 is 19.5 Å². The first-order chi connectivity index (χ1) is 9.20. The Morgan fingerprint density at radius 1 is 1.47 bits per heavy atom. The lowest BCUT2D eigenvalue weighted by molar-refractivity contribution is 0.0949. The van der Waals surface area contributed by atoms with E-state index in [9.17, 15) is 4.79 Å². The van der Waals surface area contributed by atoms with E-state index in [2.05, 4.69) is 35.3 Å². The Morgan fingerprint density at radius 2 is 2.21 bits per heavy atom. The predicted molar refractivity (Wildman–Crippen MR) is 73.9 cm³/mol. The number of likely N-dealkylation sites (tertiary alicyclic amines) is 1. The van der Waals surface area contributed by atoms with Crippen molar-refractivity contribution in [3.63, 3.8) is 0 Å². The van der Waals surface area contributed by atoms with Crippen molar-refractivity contribution in [3.8, 4) is 0 Å². The van der Waals surface area contributed by atoms with Crippen molar-refractivity contribution in [3.05, 3.63) is 24.0 Å². The Hall–Kier alpha value is -1.49. The van der Waals surface area contributed by atoms with Gasteiger partial charge in [0.1, 0.15) is 0 Å². The van der Waals surface area contributed by atoms with Gasteiger partial charge >= 0.3 is 6.09 Å². The molecular formula is C14H23N3O2. The largest absolute Gasteiger partial charge is 0.450 e. The van der Waals surface area contributed by atoms with Gasteiger partial charge in [0.15, 0.2) is 0 Å². The van der Waals surface area contributed by atoms with E-state index in [-0.39, 0.29) is 6.09 Å². The molecule has 1 amide bonds. The maximum absolute atomic E-state index is 11.6. The van der Waals surface area contributed by atoms with E-state index in [0.29, 0.717) is 12.6 Å². The van der Waals surface area contributed by atoms with E-state index >= 15 is 0 Å². The number of carbonyl (C=O) groups excluding carboxylic acids is 1. The summed E-state index contributed by atoms with van der Waals surface area (Å²) < 4.78 is 7.14. The van der Waals surface area contributed by atoms with E-state index in [1.54, 1.807) is 4.90 Å². The molecule has 2 rings (SSSR count). The molecule has 19 heavy (non-hydrogen) atoms. The van der Waals surface area contributed by atoms with Crippen LogP contribution in [0.4, 0.5) is 4.79 Å². The van der Waals surface area contributed by atoms with Crippen LogP contribution in [0.25, 0.3) is 0 Å². The first kappa shape index (κ1) is 13.9. The number of nitrogens with zero attached hydrogens (tertiary/aromatic N) is 2. The number of carbonyl (C=O) groups is 1. The summed E-state index contributed by atoms with van der Waals surface area (Å²) >= 11 is 0. The molecule has 106 valence electrons. The third-order valence-corrected chi connectivity index (χ3v) is 3.64. The summed E-state index contributed by atoms with van der Waals surface area (Å²) in [5.41, 5.74) is 1.29. The zero-order chi connectivity index (χ0) is 13.7. The summed E-state index contributed by atoms with van der Waals surface area (Å²) in [6.07, 6.45) is 3.86. The molecule has 0 bridgehead atoms. The van der Waals surface area contributed by atoms with Gasteiger partial charge in [0.25, 0.3) is 0 Å². The van der Waals surface area contributed by atoms with Gasteiger partial charge in [-0.3, -0.25) is 0 Å². The van der Waals surface area contributed by atoms with Crippen LogP contribution in [-0.4, -0.2) is 41.3 Å². The van der Waals surface area contributed by atoms with Crippen molar-refractivity contribution in [1.29, 1.82) is 0 Å². The molecule has 1 aromatic rings. The first-order valence-corrected chi connectivity index (χ1v) is 6.96. The molecule has 1 aliphatic rings. The lowest BCUT2D eigenvalue weighted by Gasteiger charge is -2.31. The summed E-state index contributed by atoms with van der Waals surface area (Å²) in [5, 5.41) is 3.56. The average molecular weight is 265 g/mol. The number of aromatic nitrogens is 1. The van der Waals surface area contributed by atoms with Gasteiger partial charge in [-0.15, -0.1) is 0 Å². The van der Waals surface area contributed by atoms with Crippen LogP contribution in [0, 0.1) is 0 Å². The van der Waals surface area contributed by atoms with Gasteiger partial charge in [0, 0.05) is 44.6 Å². The second-order valence-electron chi connectivity index (χ2n) is 4.95. The number of hydrogen-bond donors (Lipinski definition) is 1. The van der Waals surface area contributed by atoms with Crippen LogP contribution < -0.4 is 5.32 Å². The molecule has 0 spiro atoms. The van der Waals surface area contributed by atoms with E-state index < -0.39 is 0 Å². The fourth-order valence-electron chi connectivity index (χ4n) is 2.41. The second kappa shape index (κ2) is 6.61. The van der Waals surface area contributed by atoms with Crippen LogP contribution in [0.2, 0.25) is 0 Å². The Kier molecular flexibility index (Phi) is 4.85. The van der Waals surface area contributed by atoms with Crippen LogP contribution >= 0.6 is 0 Å². The van der Waals surface area contributed by atoms with Crippen LogP contribution in [0.5, 0.6) is 0 Å². The van der Waals surface area contributed by atoms with E-state index in [4.69, 9.17) is 4.74 Å². The van der Waals surface area contributed by atoms with Crippen LogP contribution in [0.1, 0.15) is 25.5 Å². The molecule has 0 unspecified atom stereocenters. The minimum atomic E-state index is -0.177. The maximum Gasteiger partial charge on any atom is 0.409 e. The summed E-state index contributed by atoms with van der Waals surface area (Å²) in [5.74, 6) is 0. The highest BCUT2D eigenvalue weighted by atomic mass is 16.6. The van der Waals surface area contributed by atoms with Gasteiger partial charge in [0.05, 0.1) is 6.61 Å². The SMILES string of the molecule is CCOC(=O)N1CCC(NCc2cccn2C)CC1. The normalized spacial score (nSPS) is 16.6. The van der Waals surface area contributed by atoms with Gasteiger partial charge in [-0.05, 0) is 31.9 Å². The number of aryl methyl sites for hydroxylation is 1. The first-order valence-electron chi connectivity index (χ1n) is 6.96. The fourth-order valence-corrected chi connectivity index (χ4v) is 2.41. The molecule has 1 aromatic heterocycles. The zero-order valence-corrected chi connectivity index (χ0v) is 11.8. The molecule has 0 radical (unpaired) electrons. The highest BCUT2D eigenvalue weighted by Gasteiger charge is 2.23. The van der Waals surface area contributed by atoms with Crippen LogP contribution in [-0.2, 0) is 18.3 Å². The third kappa shape index (κ3) is 3.73. The molecule has 1 fully saturated rings. The van der Waals surface area contributed by atoms with Gasteiger partial charge in [-0.25, -0.2) is 4.79 Å². The average Bonchev–Trinajstić information content (AvgIpc) is 2.83. The number of amides is 1. The summed E-state index contributed by atoms with van der Waals surface area (Å²) in [7, 11) is 2.06. The monoisotopic (exact) mass is 265 g/mol. The Bertz CT molecular complexity index is 409. The standard InChI is InChI=1S/C14H23N3O2/c1-3-19-14(18)17-9-6-12(7-10-17)15-11-13-5-4-8-16(13)2/h4-5,8,12,15H,3,6-7,9-11H2,1-2H3. The smallest absolute Gasteiger partial charge is 0.409 e. The van der Waals surface area contributed by atoms with Gasteiger partial charge in [0.2, 0.25) is 0 Å². The highest BCUT2D eigenvalue weighted by Crippen LogP contribution is 2.12. The van der Waals surface area contributed by atoms with Gasteiger partial charge in [-0.2, -0.15) is 0 Å². The van der Waals surface area contributed by atoms with E-state index in [0.717, 1.165) is 32.5 Å². The molecule has 1 N–H and O–H groups in total. The van der Waals surface area contributed by atoms with Crippen molar-refractivity contribution in [2.45, 2.75) is 32.4 Å². The quantitative estimate of drug-likeness (QED) is 0.902. The number of ether oxygens (including phenoxy) is 1. The Labute approximate surface area is 114 Å². The lowest BCUT2D eigenvalue weighted by Crippen LogP contribution is -2.45. The summed E-state index contributed by atoms with van der Waals surface area (Å²) in [6.45, 7) is 4.73. The highest BCUT2D eigenvalue weighted by molar-refractivity contribution is 5.67. The number of nitrogens with one attached hydrogen (secondary N) is 1. The second-order valence-corrected chi connectivity index (χ2v) is 4.95. The Balaban J connectivity index is 1.72. The van der Waals surface area contributed by atoms with Crippen LogP contribution in [0.3, 0.4) is 0 Å². The molecule has 1 saturated heterocycles. The number of piperidine rings is 1. The summed E-state index contributed by atoms with van der Waals surface area (Å²) in [4.78, 5) is 13.4. The fraction of sp³-hybridized carbons (Fsp3) is 0.643. The molecule has 0 saturated carbocycles. The van der Waals surface area contributed by atoms with Crippen molar-refractivity contribution in [2.24, 2.45) is 7.05 Å². The molecule has 0 atom stereocenters. The van der Waals surface area contributed by atoms with Crippen molar-refractivity contribution in [2.75, 3.05) is 19.7 Å². The predicted octanol–water partition coefficient (Wildman–Crippen LogP) is 1.74. The van der Waals surface area contributed by atoms with Crippen molar-refractivity contribution >= 4 is 6.09 Å². The molecular weight excluding hydrogens is 242 g/mol. The maximum atomic E-state index is 11.6. The number of hydrogen-bond acceptors (Lipinski definition) is 3. The van der Waals surface area contributed by atoms with Gasteiger partial charge in [-0.1, -0.05) is 0 Å².